The van der Waals surface area contributed by atoms with Crippen molar-refractivity contribution in [3.8, 4) is 0 Å². The van der Waals surface area contributed by atoms with E-state index in [-0.39, 0.29) is 16.9 Å². The summed E-state index contributed by atoms with van der Waals surface area (Å²) in [6.07, 6.45) is 4.80. The molecule has 1 aliphatic rings. The van der Waals surface area contributed by atoms with Crippen molar-refractivity contribution in [2.45, 2.75) is 32.9 Å². The number of benzene rings is 1. The van der Waals surface area contributed by atoms with Crippen molar-refractivity contribution >= 4 is 33.7 Å². The fourth-order valence-electron chi connectivity index (χ4n) is 4.33. The van der Waals surface area contributed by atoms with Crippen LogP contribution in [0, 0.1) is 18.6 Å². The van der Waals surface area contributed by atoms with E-state index in [4.69, 9.17) is 0 Å². The normalized spacial score (nSPS) is 19.3. The number of nitrogens with zero attached hydrogens (tertiary/aromatic N) is 5. The van der Waals surface area contributed by atoms with E-state index in [1.165, 1.54) is 18.5 Å². The van der Waals surface area contributed by atoms with E-state index in [1.54, 1.807) is 23.7 Å². The van der Waals surface area contributed by atoms with Gasteiger partial charge in [-0.2, -0.15) is 0 Å². The standard InChI is InChI=1S/C22H23F2N7/c1-12-7-30(8-13(2)27-12)16-5-17(23)20-19(6-16)25-11-26-21(20)29-15-4-18(24)22-28-14(3)9-31(22)10-15/h4-6,9-13,27H,7-8H2,1-3H3,(H,25,26,29)/t12-,13-/m1/s1. The molecule has 1 fully saturated rings. The number of imidazole rings is 1. The number of rotatable bonds is 3. The van der Waals surface area contributed by atoms with E-state index < -0.39 is 11.6 Å². The zero-order chi connectivity index (χ0) is 21.7. The summed E-state index contributed by atoms with van der Waals surface area (Å²) in [7, 11) is 0. The zero-order valence-electron chi connectivity index (χ0n) is 17.5. The SMILES string of the molecule is Cc1cn2cc(Nc3ncnc4cc(N5C[C@@H](C)N[C@H](C)C5)cc(F)c34)cc(F)c2n1. The second-order valence-electron chi connectivity index (χ2n) is 8.23. The van der Waals surface area contributed by atoms with Crippen molar-refractivity contribution in [3.63, 3.8) is 0 Å². The summed E-state index contributed by atoms with van der Waals surface area (Å²) in [6.45, 7) is 7.60. The first-order chi connectivity index (χ1) is 14.9. The molecule has 2 atom stereocenters. The number of nitrogens with one attached hydrogen (secondary N) is 2. The number of piperazine rings is 1. The fourth-order valence-corrected chi connectivity index (χ4v) is 4.33. The number of halogens is 2. The van der Waals surface area contributed by atoms with Crippen LogP contribution < -0.4 is 15.5 Å². The largest absolute Gasteiger partial charge is 0.368 e. The van der Waals surface area contributed by atoms with Crippen LogP contribution in [0.3, 0.4) is 0 Å². The van der Waals surface area contributed by atoms with Crippen LogP contribution in [0.2, 0.25) is 0 Å². The molecule has 0 unspecified atom stereocenters. The molecule has 7 nitrogen and oxygen atoms in total. The Morgan fingerprint density at radius 2 is 1.81 bits per heavy atom. The van der Waals surface area contributed by atoms with Gasteiger partial charge in [0.2, 0.25) is 0 Å². The summed E-state index contributed by atoms with van der Waals surface area (Å²) in [4.78, 5) is 14.8. The molecule has 3 aromatic heterocycles. The van der Waals surface area contributed by atoms with E-state index >= 15 is 4.39 Å². The maximum absolute atomic E-state index is 15.2. The summed E-state index contributed by atoms with van der Waals surface area (Å²) in [5, 5.41) is 6.79. The Morgan fingerprint density at radius 3 is 2.58 bits per heavy atom. The van der Waals surface area contributed by atoms with Gasteiger partial charge in [0.25, 0.3) is 0 Å². The lowest BCUT2D eigenvalue weighted by molar-refractivity contribution is 0.407. The smallest absolute Gasteiger partial charge is 0.173 e. The first-order valence-corrected chi connectivity index (χ1v) is 10.2. The van der Waals surface area contributed by atoms with Gasteiger partial charge in [0.05, 0.1) is 22.3 Å². The molecule has 0 bridgehead atoms. The molecule has 5 rings (SSSR count). The Hall–Kier alpha value is -3.33. The van der Waals surface area contributed by atoms with Gasteiger partial charge in [0.15, 0.2) is 11.5 Å². The quantitative estimate of drug-likeness (QED) is 0.523. The van der Waals surface area contributed by atoms with Crippen LogP contribution in [0.5, 0.6) is 0 Å². The Bertz CT molecular complexity index is 1280. The van der Waals surface area contributed by atoms with Crippen LogP contribution >= 0.6 is 0 Å². The molecule has 31 heavy (non-hydrogen) atoms. The molecule has 4 heterocycles. The Labute approximate surface area is 178 Å². The molecular formula is C22H23F2N7. The fraction of sp³-hybridized carbons (Fsp3) is 0.318. The minimum absolute atomic E-state index is 0.242. The first-order valence-electron chi connectivity index (χ1n) is 10.2. The van der Waals surface area contributed by atoms with Gasteiger partial charge in [-0.05, 0) is 32.9 Å². The maximum atomic E-state index is 15.2. The van der Waals surface area contributed by atoms with Gasteiger partial charge in [0.1, 0.15) is 18.0 Å². The van der Waals surface area contributed by atoms with Crippen LogP contribution in [0.4, 0.5) is 26.0 Å². The van der Waals surface area contributed by atoms with Gasteiger partial charge in [-0.25, -0.2) is 23.7 Å². The number of hydrogen-bond donors (Lipinski definition) is 2. The minimum atomic E-state index is -0.471. The summed E-state index contributed by atoms with van der Waals surface area (Å²) in [5.74, 6) is -0.609. The molecule has 0 aliphatic carbocycles. The lowest BCUT2D eigenvalue weighted by Gasteiger charge is -2.37. The second-order valence-corrected chi connectivity index (χ2v) is 8.23. The molecule has 1 aromatic carbocycles. The highest BCUT2D eigenvalue weighted by atomic mass is 19.1. The molecule has 4 aromatic rings. The van der Waals surface area contributed by atoms with Gasteiger partial charge in [-0.1, -0.05) is 0 Å². The monoisotopic (exact) mass is 423 g/mol. The number of anilines is 3. The highest BCUT2D eigenvalue weighted by Crippen LogP contribution is 2.31. The lowest BCUT2D eigenvalue weighted by Crippen LogP contribution is -2.54. The van der Waals surface area contributed by atoms with Crippen molar-refractivity contribution in [1.82, 2.24) is 24.7 Å². The molecule has 1 saturated heterocycles. The Kier molecular flexibility index (Phi) is 4.70. The zero-order valence-corrected chi connectivity index (χ0v) is 17.5. The van der Waals surface area contributed by atoms with Gasteiger partial charge in [-0.15, -0.1) is 0 Å². The Morgan fingerprint density at radius 1 is 1.03 bits per heavy atom. The maximum Gasteiger partial charge on any atom is 0.173 e. The van der Waals surface area contributed by atoms with Crippen molar-refractivity contribution in [3.05, 3.63) is 54.2 Å². The Balaban J connectivity index is 1.53. The van der Waals surface area contributed by atoms with Crippen molar-refractivity contribution < 1.29 is 8.78 Å². The second kappa shape index (κ2) is 7.42. The highest BCUT2D eigenvalue weighted by Gasteiger charge is 2.23. The third kappa shape index (κ3) is 3.65. The summed E-state index contributed by atoms with van der Waals surface area (Å²) in [5.41, 5.74) is 2.67. The van der Waals surface area contributed by atoms with E-state index in [2.05, 4.69) is 44.3 Å². The molecule has 0 radical (unpaired) electrons. The lowest BCUT2D eigenvalue weighted by atomic mass is 10.1. The highest BCUT2D eigenvalue weighted by molar-refractivity contribution is 5.93. The summed E-state index contributed by atoms with van der Waals surface area (Å²) < 4.78 is 31.3. The molecule has 0 saturated carbocycles. The molecular weight excluding hydrogens is 400 g/mol. The number of fused-ring (bicyclic) bond motifs is 2. The topological polar surface area (TPSA) is 70.4 Å². The summed E-state index contributed by atoms with van der Waals surface area (Å²) in [6, 6.07) is 5.33. The van der Waals surface area contributed by atoms with E-state index in [1.807, 2.05) is 6.07 Å². The van der Waals surface area contributed by atoms with Gasteiger partial charge in [-0.3, -0.25) is 0 Å². The molecule has 160 valence electrons. The van der Waals surface area contributed by atoms with Crippen LogP contribution in [-0.2, 0) is 0 Å². The molecule has 1 aliphatic heterocycles. The average molecular weight is 423 g/mol. The molecule has 9 heteroatoms. The van der Waals surface area contributed by atoms with Crippen molar-refractivity contribution in [2.75, 3.05) is 23.3 Å². The third-order valence-corrected chi connectivity index (χ3v) is 5.49. The van der Waals surface area contributed by atoms with Gasteiger partial charge < -0.3 is 19.9 Å². The third-order valence-electron chi connectivity index (χ3n) is 5.49. The van der Waals surface area contributed by atoms with Crippen LogP contribution in [0.15, 0.2) is 36.9 Å². The van der Waals surface area contributed by atoms with Crippen LogP contribution in [0.1, 0.15) is 19.5 Å². The van der Waals surface area contributed by atoms with Crippen molar-refractivity contribution in [2.24, 2.45) is 0 Å². The molecule has 0 spiro atoms. The van der Waals surface area contributed by atoms with Crippen LogP contribution in [-0.4, -0.2) is 44.5 Å². The van der Waals surface area contributed by atoms with Crippen molar-refractivity contribution in [1.29, 1.82) is 0 Å². The summed E-state index contributed by atoms with van der Waals surface area (Å²) >= 11 is 0. The van der Waals surface area contributed by atoms with Gasteiger partial charge >= 0.3 is 0 Å². The molecule has 2 N–H and O–H groups in total. The predicted octanol–water partition coefficient (Wildman–Crippen LogP) is 3.79. The van der Waals surface area contributed by atoms with Gasteiger partial charge in [0, 0.05) is 49.3 Å². The van der Waals surface area contributed by atoms with Crippen LogP contribution in [0.25, 0.3) is 16.6 Å². The minimum Gasteiger partial charge on any atom is -0.368 e. The predicted molar refractivity (Wildman–Crippen MR) is 117 cm³/mol. The number of aryl methyl sites for hydroxylation is 1. The van der Waals surface area contributed by atoms with E-state index in [0.29, 0.717) is 29.0 Å². The average Bonchev–Trinajstić information content (AvgIpc) is 3.08. The number of pyridine rings is 1. The number of aromatic nitrogens is 4. The molecule has 0 amide bonds. The first kappa shape index (κ1) is 19.6. The van der Waals surface area contributed by atoms with E-state index in [9.17, 15) is 4.39 Å². The number of hydrogen-bond acceptors (Lipinski definition) is 6. The van der Waals surface area contributed by atoms with E-state index in [0.717, 1.165) is 18.8 Å².